The van der Waals surface area contributed by atoms with Gasteiger partial charge in [0.15, 0.2) is 0 Å². The molecule has 0 unspecified atom stereocenters. The van der Waals surface area contributed by atoms with Crippen LogP contribution >= 0.6 is 0 Å². The molecule has 0 saturated carbocycles. The van der Waals surface area contributed by atoms with Crippen molar-refractivity contribution in [3.8, 4) is 0 Å². The smallest absolute Gasteiger partial charge is 0.134 e. The summed E-state index contributed by atoms with van der Waals surface area (Å²) in [6.07, 6.45) is 2.34. The molecule has 2 aliphatic heterocycles. The zero-order valence-corrected chi connectivity index (χ0v) is 12.2. The summed E-state index contributed by atoms with van der Waals surface area (Å²) in [6, 6.07) is 1.74. The Hall–Kier alpha value is -1.44. The van der Waals surface area contributed by atoms with Crippen molar-refractivity contribution >= 4 is 11.6 Å². The predicted octanol–water partition coefficient (Wildman–Crippen LogP) is -0.0700. The van der Waals surface area contributed by atoms with E-state index in [-0.39, 0.29) is 0 Å². The van der Waals surface area contributed by atoms with E-state index in [0.29, 0.717) is 44.8 Å². The van der Waals surface area contributed by atoms with Gasteiger partial charge in [0.2, 0.25) is 0 Å². The van der Waals surface area contributed by atoms with Crippen molar-refractivity contribution in [3.05, 3.63) is 12.4 Å². The van der Waals surface area contributed by atoms with E-state index >= 15 is 0 Å². The fourth-order valence-corrected chi connectivity index (χ4v) is 3.31. The largest absolute Gasteiger partial charge is 0.387 e. The molecule has 7 heteroatoms. The van der Waals surface area contributed by atoms with E-state index in [1.807, 2.05) is 0 Å². The van der Waals surface area contributed by atoms with Crippen LogP contribution in [0.2, 0.25) is 0 Å². The van der Waals surface area contributed by atoms with Crippen molar-refractivity contribution in [1.29, 1.82) is 0 Å². The fraction of sp³-hybridized carbons (Fsp3) is 0.714. The zero-order chi connectivity index (χ0) is 15.1. The highest BCUT2D eigenvalue weighted by Gasteiger charge is 2.52. The first-order chi connectivity index (χ1) is 9.93. The SMILES string of the molecule is C[C@@]1(O)CCOC2(CCN(c3cc(N)ncn3)CC2)[C@H]1O. The number of nitrogen functional groups attached to an aromatic ring is 1. The summed E-state index contributed by atoms with van der Waals surface area (Å²) < 4.78 is 5.87. The first-order valence-electron chi connectivity index (χ1n) is 7.30. The summed E-state index contributed by atoms with van der Waals surface area (Å²) in [5.41, 5.74) is 3.94. The maximum atomic E-state index is 10.5. The van der Waals surface area contributed by atoms with Gasteiger partial charge in [0, 0.05) is 25.6 Å². The maximum Gasteiger partial charge on any atom is 0.134 e. The monoisotopic (exact) mass is 294 g/mol. The Kier molecular flexibility index (Phi) is 3.51. The third-order valence-corrected chi connectivity index (χ3v) is 4.69. The van der Waals surface area contributed by atoms with Gasteiger partial charge in [-0.15, -0.1) is 0 Å². The number of nitrogens with zero attached hydrogens (tertiary/aromatic N) is 3. The van der Waals surface area contributed by atoms with Gasteiger partial charge >= 0.3 is 0 Å². The minimum atomic E-state index is -1.08. The molecule has 21 heavy (non-hydrogen) atoms. The van der Waals surface area contributed by atoms with Crippen molar-refractivity contribution in [2.45, 2.75) is 43.5 Å². The molecule has 2 fully saturated rings. The predicted molar refractivity (Wildman–Crippen MR) is 77.8 cm³/mol. The Balaban J connectivity index is 1.72. The van der Waals surface area contributed by atoms with Crippen LogP contribution < -0.4 is 10.6 Å². The van der Waals surface area contributed by atoms with Crippen molar-refractivity contribution in [2.75, 3.05) is 30.3 Å². The van der Waals surface area contributed by atoms with Crippen LogP contribution in [0, 0.1) is 0 Å². The lowest BCUT2D eigenvalue weighted by molar-refractivity contribution is -0.239. The van der Waals surface area contributed by atoms with Crippen LogP contribution in [0.15, 0.2) is 12.4 Å². The van der Waals surface area contributed by atoms with Crippen LogP contribution in [0.1, 0.15) is 26.2 Å². The van der Waals surface area contributed by atoms with Gasteiger partial charge in [-0.05, 0) is 19.8 Å². The van der Waals surface area contributed by atoms with Crippen LogP contribution in [-0.4, -0.2) is 57.2 Å². The van der Waals surface area contributed by atoms with Gasteiger partial charge < -0.3 is 25.6 Å². The summed E-state index contributed by atoms with van der Waals surface area (Å²) in [5, 5.41) is 20.8. The van der Waals surface area contributed by atoms with E-state index in [1.165, 1.54) is 6.33 Å². The Morgan fingerprint density at radius 3 is 2.71 bits per heavy atom. The standard InChI is InChI=1S/C14H22N4O3/c1-13(20)4-7-21-14(12(13)19)2-5-18(6-3-14)11-8-10(15)16-9-17-11/h8-9,12,19-20H,2-7H2,1H3,(H2,15,16,17)/t12-,13+/m0/s1. The quantitative estimate of drug-likeness (QED) is 0.666. The molecule has 3 rings (SSSR count). The van der Waals surface area contributed by atoms with Gasteiger partial charge in [0.1, 0.15) is 29.7 Å². The molecule has 1 aromatic heterocycles. The number of piperidine rings is 1. The molecule has 2 aliphatic rings. The molecule has 3 heterocycles. The van der Waals surface area contributed by atoms with E-state index in [9.17, 15) is 10.2 Å². The highest BCUT2D eigenvalue weighted by Crippen LogP contribution is 2.40. The highest BCUT2D eigenvalue weighted by atomic mass is 16.5. The minimum Gasteiger partial charge on any atom is -0.387 e. The van der Waals surface area contributed by atoms with Crippen LogP contribution in [-0.2, 0) is 4.74 Å². The number of aliphatic hydroxyl groups excluding tert-OH is 1. The lowest BCUT2D eigenvalue weighted by Gasteiger charge is -2.51. The number of nitrogens with two attached hydrogens (primary N) is 1. The Morgan fingerprint density at radius 2 is 2.05 bits per heavy atom. The second-order valence-corrected chi connectivity index (χ2v) is 6.21. The molecule has 0 bridgehead atoms. The van der Waals surface area contributed by atoms with E-state index in [1.54, 1.807) is 13.0 Å². The normalized spacial score (nSPS) is 32.3. The lowest BCUT2D eigenvalue weighted by Crippen LogP contribution is -2.64. The van der Waals surface area contributed by atoms with Crippen LogP contribution in [0.4, 0.5) is 11.6 Å². The third kappa shape index (κ3) is 2.56. The number of hydrogen-bond acceptors (Lipinski definition) is 7. The molecule has 0 amide bonds. The second kappa shape index (κ2) is 5.08. The van der Waals surface area contributed by atoms with Gasteiger partial charge in [0.25, 0.3) is 0 Å². The second-order valence-electron chi connectivity index (χ2n) is 6.21. The number of anilines is 2. The third-order valence-electron chi connectivity index (χ3n) is 4.69. The highest BCUT2D eigenvalue weighted by molar-refractivity contribution is 5.46. The topological polar surface area (TPSA) is 105 Å². The number of aromatic nitrogens is 2. The van der Waals surface area contributed by atoms with E-state index < -0.39 is 17.3 Å². The molecular formula is C14H22N4O3. The molecule has 1 spiro atoms. The van der Waals surface area contributed by atoms with E-state index in [4.69, 9.17) is 10.5 Å². The molecular weight excluding hydrogens is 272 g/mol. The first kappa shape index (κ1) is 14.5. The number of aliphatic hydroxyl groups is 2. The lowest BCUT2D eigenvalue weighted by atomic mass is 9.75. The molecule has 2 atom stereocenters. The van der Waals surface area contributed by atoms with Gasteiger partial charge in [0.05, 0.1) is 12.2 Å². The van der Waals surface area contributed by atoms with Gasteiger partial charge in [-0.1, -0.05) is 0 Å². The minimum absolute atomic E-state index is 0.442. The molecule has 2 saturated heterocycles. The van der Waals surface area contributed by atoms with Crippen LogP contribution in [0.3, 0.4) is 0 Å². The first-order valence-corrected chi connectivity index (χ1v) is 7.30. The van der Waals surface area contributed by atoms with Crippen molar-refractivity contribution in [3.63, 3.8) is 0 Å². The average molecular weight is 294 g/mol. The van der Waals surface area contributed by atoms with Gasteiger partial charge in [-0.2, -0.15) is 0 Å². The van der Waals surface area contributed by atoms with Crippen LogP contribution in [0.25, 0.3) is 0 Å². The average Bonchev–Trinajstić information content (AvgIpc) is 2.46. The summed E-state index contributed by atoms with van der Waals surface area (Å²) in [7, 11) is 0. The molecule has 116 valence electrons. The number of hydrogen-bond donors (Lipinski definition) is 3. The molecule has 0 radical (unpaired) electrons. The maximum absolute atomic E-state index is 10.5. The Morgan fingerprint density at radius 1 is 1.33 bits per heavy atom. The fourth-order valence-electron chi connectivity index (χ4n) is 3.31. The van der Waals surface area contributed by atoms with Crippen LogP contribution in [0.5, 0.6) is 0 Å². The molecule has 0 aromatic carbocycles. The number of rotatable bonds is 1. The molecule has 1 aromatic rings. The van der Waals surface area contributed by atoms with Crippen molar-refractivity contribution in [2.24, 2.45) is 0 Å². The van der Waals surface area contributed by atoms with Gasteiger partial charge in [-0.3, -0.25) is 0 Å². The van der Waals surface area contributed by atoms with E-state index in [2.05, 4.69) is 14.9 Å². The van der Waals surface area contributed by atoms with Gasteiger partial charge in [-0.25, -0.2) is 9.97 Å². The molecule has 0 aliphatic carbocycles. The molecule has 7 nitrogen and oxygen atoms in total. The Labute approximate surface area is 123 Å². The summed E-state index contributed by atoms with van der Waals surface area (Å²) in [5.74, 6) is 1.23. The summed E-state index contributed by atoms with van der Waals surface area (Å²) in [4.78, 5) is 10.2. The molecule has 4 N–H and O–H groups in total. The van der Waals surface area contributed by atoms with Crippen molar-refractivity contribution < 1.29 is 14.9 Å². The number of ether oxygens (including phenoxy) is 1. The Bertz CT molecular complexity index is 515. The van der Waals surface area contributed by atoms with Crippen molar-refractivity contribution in [1.82, 2.24) is 9.97 Å². The summed E-state index contributed by atoms with van der Waals surface area (Å²) >= 11 is 0. The van der Waals surface area contributed by atoms with E-state index in [0.717, 1.165) is 5.82 Å². The summed E-state index contributed by atoms with van der Waals surface area (Å²) in [6.45, 7) is 3.55. The zero-order valence-electron chi connectivity index (χ0n) is 12.2.